The number of hydrogen-bond donors (Lipinski definition) is 2. The number of aryl methyl sites for hydroxylation is 1. The first kappa shape index (κ1) is 18.1. The predicted octanol–water partition coefficient (Wildman–Crippen LogP) is 3.92. The van der Waals surface area contributed by atoms with Crippen LogP contribution in [0.5, 0.6) is 17.2 Å². The van der Waals surface area contributed by atoms with Gasteiger partial charge in [0.1, 0.15) is 5.75 Å². The maximum absolute atomic E-state index is 5.47. The van der Waals surface area contributed by atoms with Crippen molar-refractivity contribution in [1.29, 1.82) is 0 Å². The van der Waals surface area contributed by atoms with Gasteiger partial charge < -0.3 is 24.5 Å². The van der Waals surface area contributed by atoms with Crippen LogP contribution in [0.1, 0.15) is 17.5 Å². The molecule has 0 atom stereocenters. The first-order valence-corrected chi connectivity index (χ1v) is 8.81. The number of fused-ring (bicyclic) bond motifs is 1. The van der Waals surface area contributed by atoms with E-state index in [-0.39, 0.29) is 0 Å². The summed E-state index contributed by atoms with van der Waals surface area (Å²) < 4.78 is 16.2. The van der Waals surface area contributed by atoms with Crippen LogP contribution in [0.15, 0.2) is 42.6 Å². The molecule has 2 N–H and O–H groups in total. The van der Waals surface area contributed by atoms with Crippen LogP contribution >= 0.6 is 0 Å². The van der Waals surface area contributed by atoms with Crippen molar-refractivity contribution >= 4 is 10.9 Å². The third-order valence-corrected chi connectivity index (χ3v) is 4.58. The summed E-state index contributed by atoms with van der Waals surface area (Å²) in [6.07, 6.45) is 4.22. The zero-order chi connectivity index (χ0) is 18.4. The largest absolute Gasteiger partial charge is 0.496 e. The highest BCUT2D eigenvalue weighted by molar-refractivity contribution is 5.82. The van der Waals surface area contributed by atoms with Crippen molar-refractivity contribution < 1.29 is 14.2 Å². The van der Waals surface area contributed by atoms with Crippen LogP contribution in [0.2, 0.25) is 0 Å². The Labute approximate surface area is 154 Å². The van der Waals surface area contributed by atoms with Crippen molar-refractivity contribution in [2.45, 2.75) is 19.4 Å². The lowest BCUT2D eigenvalue weighted by Crippen LogP contribution is -2.16. The van der Waals surface area contributed by atoms with E-state index in [0.29, 0.717) is 11.5 Å². The average Bonchev–Trinajstić information content (AvgIpc) is 3.10. The smallest absolute Gasteiger partial charge is 0.164 e. The Bertz CT molecular complexity index is 858. The van der Waals surface area contributed by atoms with Gasteiger partial charge in [-0.15, -0.1) is 0 Å². The minimum atomic E-state index is 0.674. The number of aromatic amines is 1. The molecule has 3 rings (SSSR count). The van der Waals surface area contributed by atoms with E-state index in [1.807, 2.05) is 12.1 Å². The van der Waals surface area contributed by atoms with E-state index >= 15 is 0 Å². The number of methoxy groups -OCH3 is 3. The van der Waals surface area contributed by atoms with Gasteiger partial charge in [0.2, 0.25) is 0 Å². The van der Waals surface area contributed by atoms with Crippen molar-refractivity contribution in [1.82, 2.24) is 10.3 Å². The minimum Gasteiger partial charge on any atom is -0.496 e. The molecule has 138 valence electrons. The molecule has 0 fully saturated rings. The maximum atomic E-state index is 5.47. The van der Waals surface area contributed by atoms with Crippen LogP contribution in [0.3, 0.4) is 0 Å². The number of rotatable bonds is 9. The highest BCUT2D eigenvalue weighted by atomic mass is 16.5. The van der Waals surface area contributed by atoms with Crippen LogP contribution in [-0.4, -0.2) is 32.9 Å². The fourth-order valence-corrected chi connectivity index (χ4v) is 3.20. The summed E-state index contributed by atoms with van der Waals surface area (Å²) in [7, 11) is 4.93. The van der Waals surface area contributed by atoms with Crippen LogP contribution in [0.25, 0.3) is 10.9 Å². The first-order valence-electron chi connectivity index (χ1n) is 8.81. The van der Waals surface area contributed by atoms with E-state index in [2.05, 4.69) is 40.8 Å². The number of nitrogens with one attached hydrogen (secondary N) is 2. The molecule has 0 bridgehead atoms. The molecule has 0 aliphatic rings. The van der Waals surface area contributed by atoms with Crippen molar-refractivity contribution in [3.05, 3.63) is 53.7 Å². The van der Waals surface area contributed by atoms with Gasteiger partial charge >= 0.3 is 0 Å². The molecule has 5 nitrogen and oxygen atoms in total. The van der Waals surface area contributed by atoms with Crippen molar-refractivity contribution in [3.8, 4) is 17.2 Å². The fraction of sp³-hybridized carbons (Fsp3) is 0.333. The number of benzene rings is 2. The molecule has 0 amide bonds. The Morgan fingerprint density at radius 2 is 1.62 bits per heavy atom. The molecular weight excluding hydrogens is 328 g/mol. The molecule has 1 aromatic heterocycles. The number of aromatic nitrogens is 1. The van der Waals surface area contributed by atoms with Gasteiger partial charge in [-0.05, 0) is 37.1 Å². The monoisotopic (exact) mass is 354 g/mol. The van der Waals surface area contributed by atoms with E-state index in [9.17, 15) is 0 Å². The topological polar surface area (TPSA) is 55.5 Å². The molecular formula is C21H26N2O3. The quantitative estimate of drug-likeness (QED) is 0.572. The van der Waals surface area contributed by atoms with E-state index in [1.54, 1.807) is 21.3 Å². The minimum absolute atomic E-state index is 0.674. The predicted molar refractivity (Wildman–Crippen MR) is 104 cm³/mol. The first-order chi connectivity index (χ1) is 12.8. The lowest BCUT2D eigenvalue weighted by atomic mass is 10.1. The molecule has 0 aliphatic heterocycles. The summed E-state index contributed by atoms with van der Waals surface area (Å²) in [6, 6.07) is 12.2. The number of ether oxygens (including phenoxy) is 3. The maximum Gasteiger partial charge on any atom is 0.164 e. The SMILES string of the molecule is COc1cc(OC)c(OC)cc1CNCCCc1c[nH]c2ccccc12. The Morgan fingerprint density at radius 1 is 0.885 bits per heavy atom. The second-order valence-corrected chi connectivity index (χ2v) is 6.16. The molecule has 26 heavy (non-hydrogen) atoms. The summed E-state index contributed by atoms with van der Waals surface area (Å²) in [5.74, 6) is 2.18. The summed E-state index contributed by atoms with van der Waals surface area (Å²) in [6.45, 7) is 1.65. The van der Waals surface area contributed by atoms with Gasteiger partial charge in [-0.1, -0.05) is 18.2 Å². The third-order valence-electron chi connectivity index (χ3n) is 4.58. The molecule has 5 heteroatoms. The van der Waals surface area contributed by atoms with Crippen LogP contribution in [0, 0.1) is 0 Å². The van der Waals surface area contributed by atoms with Gasteiger partial charge in [-0.25, -0.2) is 0 Å². The summed E-state index contributed by atoms with van der Waals surface area (Å²) in [5.41, 5.74) is 3.62. The number of hydrogen-bond acceptors (Lipinski definition) is 4. The molecule has 0 aliphatic carbocycles. The van der Waals surface area contributed by atoms with Gasteiger partial charge in [-0.2, -0.15) is 0 Å². The Balaban J connectivity index is 1.55. The van der Waals surface area contributed by atoms with Gasteiger partial charge in [0.05, 0.1) is 21.3 Å². The molecule has 0 unspecified atom stereocenters. The van der Waals surface area contributed by atoms with Crippen LogP contribution in [-0.2, 0) is 13.0 Å². The average molecular weight is 354 g/mol. The molecule has 1 heterocycles. The van der Waals surface area contributed by atoms with E-state index in [0.717, 1.165) is 37.2 Å². The molecule has 0 spiro atoms. The van der Waals surface area contributed by atoms with E-state index in [4.69, 9.17) is 14.2 Å². The van der Waals surface area contributed by atoms with Gasteiger partial charge in [0.15, 0.2) is 11.5 Å². The second kappa shape index (κ2) is 8.63. The Kier molecular flexibility index (Phi) is 6.02. The van der Waals surface area contributed by atoms with Crippen molar-refractivity contribution in [2.75, 3.05) is 27.9 Å². The second-order valence-electron chi connectivity index (χ2n) is 6.16. The van der Waals surface area contributed by atoms with Crippen LogP contribution in [0.4, 0.5) is 0 Å². The molecule has 0 radical (unpaired) electrons. The summed E-state index contributed by atoms with van der Waals surface area (Å²) in [4.78, 5) is 3.33. The molecule has 2 aromatic carbocycles. The van der Waals surface area contributed by atoms with Crippen molar-refractivity contribution in [2.24, 2.45) is 0 Å². The zero-order valence-corrected chi connectivity index (χ0v) is 15.6. The fourth-order valence-electron chi connectivity index (χ4n) is 3.20. The molecule has 3 aromatic rings. The van der Waals surface area contributed by atoms with Gasteiger partial charge in [-0.3, -0.25) is 0 Å². The van der Waals surface area contributed by atoms with Crippen molar-refractivity contribution in [3.63, 3.8) is 0 Å². The third kappa shape index (κ3) is 3.94. The zero-order valence-electron chi connectivity index (χ0n) is 15.6. The van der Waals surface area contributed by atoms with Gasteiger partial charge in [0.25, 0.3) is 0 Å². The normalized spacial score (nSPS) is 10.9. The summed E-state index contributed by atoms with van der Waals surface area (Å²) >= 11 is 0. The highest BCUT2D eigenvalue weighted by Crippen LogP contribution is 2.34. The number of para-hydroxylation sites is 1. The Morgan fingerprint density at radius 3 is 2.38 bits per heavy atom. The lowest BCUT2D eigenvalue weighted by molar-refractivity contribution is 0.347. The highest BCUT2D eigenvalue weighted by Gasteiger charge is 2.11. The molecule has 0 saturated heterocycles. The van der Waals surface area contributed by atoms with E-state index < -0.39 is 0 Å². The Hall–Kier alpha value is -2.66. The van der Waals surface area contributed by atoms with Gasteiger partial charge in [0, 0.05) is 35.3 Å². The van der Waals surface area contributed by atoms with E-state index in [1.165, 1.54) is 16.5 Å². The number of H-pyrrole nitrogens is 1. The summed E-state index contributed by atoms with van der Waals surface area (Å²) in [5, 5.41) is 4.80. The lowest BCUT2D eigenvalue weighted by Gasteiger charge is -2.14. The molecule has 0 saturated carbocycles. The van der Waals surface area contributed by atoms with Crippen LogP contribution < -0.4 is 19.5 Å². The standard InChI is InChI=1S/C21H26N2O3/c1-24-19-12-21(26-3)20(25-2)11-16(19)13-22-10-6-7-15-14-23-18-9-5-4-8-17(15)18/h4-5,8-9,11-12,14,22-23H,6-7,10,13H2,1-3H3.